The van der Waals surface area contributed by atoms with Crippen LogP contribution in [0.25, 0.3) is 0 Å². The Morgan fingerprint density at radius 1 is 1.36 bits per heavy atom. The third-order valence-corrected chi connectivity index (χ3v) is 3.40. The molecular weight excluding hydrogens is 290 g/mol. The number of nitro benzene ring substituents is 1. The van der Waals surface area contributed by atoms with E-state index in [0.717, 1.165) is 0 Å². The lowest BCUT2D eigenvalue weighted by molar-refractivity contribution is -0.384. The molecule has 1 aromatic carbocycles. The predicted molar refractivity (Wildman–Crippen MR) is 80.8 cm³/mol. The third kappa shape index (κ3) is 4.44. The lowest BCUT2D eigenvalue weighted by Gasteiger charge is -2.22. The Morgan fingerprint density at radius 2 is 1.95 bits per heavy atom. The zero-order chi connectivity index (χ0) is 16.9. The van der Waals surface area contributed by atoms with Crippen LogP contribution in [0.15, 0.2) is 24.3 Å². The number of anilines is 1. The average molecular weight is 309 g/mol. The number of hydrogen-bond donors (Lipinski definition) is 2. The van der Waals surface area contributed by atoms with E-state index < -0.39 is 28.8 Å². The smallest absolute Gasteiger partial charge is 0.308 e. The second kappa shape index (κ2) is 7.39. The SMILES string of the molecule is CC(NC(=O)CN(C)c1ccccc1[N+](=O)[O-])C(C)C(=O)O. The van der Waals surface area contributed by atoms with E-state index in [-0.39, 0.29) is 12.2 Å². The molecule has 8 heteroatoms. The van der Waals surface area contributed by atoms with Crippen LogP contribution >= 0.6 is 0 Å². The van der Waals surface area contributed by atoms with Gasteiger partial charge in [0.1, 0.15) is 5.69 Å². The minimum atomic E-state index is -1.00. The van der Waals surface area contributed by atoms with Crippen molar-refractivity contribution in [3.05, 3.63) is 34.4 Å². The number of carbonyl (C=O) groups excluding carboxylic acids is 1. The van der Waals surface area contributed by atoms with Gasteiger partial charge in [-0.15, -0.1) is 0 Å². The van der Waals surface area contributed by atoms with Gasteiger partial charge in [-0.3, -0.25) is 19.7 Å². The van der Waals surface area contributed by atoms with Crippen LogP contribution in [-0.4, -0.2) is 41.5 Å². The number of nitrogens with zero attached hydrogens (tertiary/aromatic N) is 2. The van der Waals surface area contributed by atoms with Gasteiger partial charge < -0.3 is 15.3 Å². The number of amides is 1. The van der Waals surface area contributed by atoms with E-state index in [1.807, 2.05) is 0 Å². The molecule has 0 saturated carbocycles. The molecule has 0 fully saturated rings. The Bertz CT molecular complexity index is 575. The molecule has 1 aromatic rings. The fourth-order valence-electron chi connectivity index (χ4n) is 1.88. The summed E-state index contributed by atoms with van der Waals surface area (Å²) in [5.74, 6) is -2.12. The van der Waals surface area contributed by atoms with Crippen molar-refractivity contribution < 1.29 is 19.6 Å². The minimum Gasteiger partial charge on any atom is -0.481 e. The molecule has 0 spiro atoms. The molecule has 0 aliphatic heterocycles. The Morgan fingerprint density at radius 3 is 2.50 bits per heavy atom. The van der Waals surface area contributed by atoms with Crippen molar-refractivity contribution in [2.24, 2.45) is 5.92 Å². The maximum absolute atomic E-state index is 11.9. The molecule has 0 saturated heterocycles. The van der Waals surface area contributed by atoms with Gasteiger partial charge in [-0.05, 0) is 19.9 Å². The van der Waals surface area contributed by atoms with E-state index in [1.165, 1.54) is 17.9 Å². The fourth-order valence-corrected chi connectivity index (χ4v) is 1.88. The fraction of sp³-hybridized carbons (Fsp3) is 0.429. The second-order valence-corrected chi connectivity index (χ2v) is 5.08. The van der Waals surface area contributed by atoms with Gasteiger partial charge in [-0.1, -0.05) is 12.1 Å². The van der Waals surface area contributed by atoms with E-state index in [2.05, 4.69) is 5.32 Å². The highest BCUT2D eigenvalue weighted by molar-refractivity contribution is 5.83. The van der Waals surface area contributed by atoms with Crippen molar-refractivity contribution >= 4 is 23.3 Å². The summed E-state index contributed by atoms with van der Waals surface area (Å²) in [6, 6.07) is 5.56. The number of nitro groups is 1. The molecule has 2 N–H and O–H groups in total. The van der Waals surface area contributed by atoms with Gasteiger partial charge in [0.15, 0.2) is 0 Å². The molecule has 0 heterocycles. The summed E-state index contributed by atoms with van der Waals surface area (Å²) in [4.78, 5) is 34.7. The summed E-state index contributed by atoms with van der Waals surface area (Å²) in [6.45, 7) is 2.99. The first-order valence-corrected chi connectivity index (χ1v) is 6.70. The van der Waals surface area contributed by atoms with Crippen LogP contribution in [0.2, 0.25) is 0 Å². The Labute approximate surface area is 127 Å². The number of rotatable bonds is 7. The van der Waals surface area contributed by atoms with E-state index in [1.54, 1.807) is 32.2 Å². The van der Waals surface area contributed by atoms with E-state index in [9.17, 15) is 19.7 Å². The number of hydrogen-bond acceptors (Lipinski definition) is 5. The topological polar surface area (TPSA) is 113 Å². The normalized spacial score (nSPS) is 13.0. The van der Waals surface area contributed by atoms with Gasteiger partial charge in [0.2, 0.25) is 5.91 Å². The van der Waals surface area contributed by atoms with E-state index in [0.29, 0.717) is 5.69 Å². The molecule has 120 valence electrons. The van der Waals surface area contributed by atoms with Crippen molar-refractivity contribution in [2.75, 3.05) is 18.5 Å². The maximum Gasteiger partial charge on any atom is 0.308 e. The molecule has 22 heavy (non-hydrogen) atoms. The number of carboxylic acids is 1. The number of aliphatic carboxylic acids is 1. The summed E-state index contributed by atoms with van der Waals surface area (Å²) in [5.41, 5.74) is 0.228. The Hall–Kier alpha value is -2.64. The summed E-state index contributed by atoms with van der Waals surface area (Å²) in [5, 5.41) is 22.4. The summed E-state index contributed by atoms with van der Waals surface area (Å²) in [7, 11) is 1.56. The van der Waals surface area contributed by atoms with E-state index >= 15 is 0 Å². The first-order chi connectivity index (χ1) is 10.2. The summed E-state index contributed by atoms with van der Waals surface area (Å²) in [6.07, 6.45) is 0. The molecule has 0 aliphatic rings. The highest BCUT2D eigenvalue weighted by Gasteiger charge is 2.22. The van der Waals surface area contributed by atoms with Crippen molar-refractivity contribution in [3.8, 4) is 0 Å². The lowest BCUT2D eigenvalue weighted by Crippen LogP contribution is -2.44. The van der Waals surface area contributed by atoms with Gasteiger partial charge in [-0.25, -0.2) is 0 Å². The van der Waals surface area contributed by atoms with Crippen LogP contribution in [0.5, 0.6) is 0 Å². The van der Waals surface area contributed by atoms with Crippen molar-refractivity contribution in [1.29, 1.82) is 0 Å². The van der Waals surface area contributed by atoms with Crippen LogP contribution in [0, 0.1) is 16.0 Å². The largest absolute Gasteiger partial charge is 0.481 e. The second-order valence-electron chi connectivity index (χ2n) is 5.08. The van der Waals surface area contributed by atoms with Gasteiger partial charge >= 0.3 is 5.97 Å². The number of para-hydroxylation sites is 2. The maximum atomic E-state index is 11.9. The first kappa shape index (κ1) is 17.4. The van der Waals surface area contributed by atoms with Crippen LogP contribution in [0.4, 0.5) is 11.4 Å². The van der Waals surface area contributed by atoms with Crippen LogP contribution in [0.1, 0.15) is 13.8 Å². The standard InChI is InChI=1S/C14H19N3O5/c1-9(14(19)20)10(2)15-13(18)8-16(3)11-6-4-5-7-12(11)17(21)22/h4-7,9-10H,8H2,1-3H3,(H,15,18)(H,19,20). The number of likely N-dealkylation sites (N-methyl/N-ethyl adjacent to an activating group) is 1. The highest BCUT2D eigenvalue weighted by Crippen LogP contribution is 2.26. The monoisotopic (exact) mass is 309 g/mol. The zero-order valence-corrected chi connectivity index (χ0v) is 12.6. The van der Waals surface area contributed by atoms with Gasteiger partial charge in [0.05, 0.1) is 17.4 Å². The molecule has 2 unspecified atom stereocenters. The zero-order valence-electron chi connectivity index (χ0n) is 12.6. The summed E-state index contributed by atoms with van der Waals surface area (Å²) < 4.78 is 0. The van der Waals surface area contributed by atoms with Gasteiger partial charge in [-0.2, -0.15) is 0 Å². The van der Waals surface area contributed by atoms with E-state index in [4.69, 9.17) is 5.11 Å². The van der Waals surface area contributed by atoms with Crippen LogP contribution in [-0.2, 0) is 9.59 Å². The van der Waals surface area contributed by atoms with Gasteiger partial charge in [0, 0.05) is 19.2 Å². The first-order valence-electron chi connectivity index (χ1n) is 6.70. The average Bonchev–Trinajstić information content (AvgIpc) is 2.45. The number of carbonyl (C=O) groups is 2. The minimum absolute atomic E-state index is 0.0928. The molecule has 0 bridgehead atoms. The Balaban J connectivity index is 2.73. The van der Waals surface area contributed by atoms with Crippen molar-refractivity contribution in [3.63, 3.8) is 0 Å². The molecule has 0 radical (unpaired) electrons. The molecular formula is C14H19N3O5. The lowest BCUT2D eigenvalue weighted by atomic mass is 10.0. The molecule has 1 rings (SSSR count). The van der Waals surface area contributed by atoms with Gasteiger partial charge in [0.25, 0.3) is 5.69 Å². The molecule has 0 aliphatic carbocycles. The number of nitrogens with one attached hydrogen (secondary N) is 1. The Kier molecular flexibility index (Phi) is 5.85. The van der Waals surface area contributed by atoms with Crippen molar-refractivity contribution in [1.82, 2.24) is 5.32 Å². The van der Waals surface area contributed by atoms with Crippen LogP contribution < -0.4 is 10.2 Å². The number of benzene rings is 1. The van der Waals surface area contributed by atoms with Crippen molar-refractivity contribution in [2.45, 2.75) is 19.9 Å². The molecule has 8 nitrogen and oxygen atoms in total. The number of carboxylic acid groups (broad SMARTS) is 1. The quantitative estimate of drug-likeness (QED) is 0.579. The molecule has 1 amide bonds. The molecule has 0 aromatic heterocycles. The summed E-state index contributed by atoms with van der Waals surface area (Å²) >= 11 is 0. The molecule has 2 atom stereocenters. The van der Waals surface area contributed by atoms with Crippen LogP contribution in [0.3, 0.4) is 0 Å². The highest BCUT2D eigenvalue weighted by atomic mass is 16.6. The third-order valence-electron chi connectivity index (χ3n) is 3.40. The predicted octanol–water partition coefficient (Wildman–Crippen LogP) is 1.26.